The molecule has 1 aromatic rings. The lowest BCUT2D eigenvalue weighted by atomic mass is 10.2. The highest BCUT2D eigenvalue weighted by Gasteiger charge is 1.97. The Morgan fingerprint density at radius 2 is 1.94 bits per heavy atom. The molecule has 0 radical (unpaired) electrons. The number of benzene rings is 1. The van der Waals surface area contributed by atoms with Crippen LogP contribution in [0, 0.1) is 5.82 Å². The van der Waals surface area contributed by atoms with Gasteiger partial charge in [-0.15, -0.1) is 0 Å². The molecule has 0 aliphatic heterocycles. The van der Waals surface area contributed by atoms with Gasteiger partial charge in [-0.2, -0.15) is 0 Å². The van der Waals surface area contributed by atoms with Gasteiger partial charge in [0.25, 0.3) is 0 Å². The smallest absolute Gasteiger partial charge is 0.123 e. The van der Waals surface area contributed by atoms with Gasteiger partial charge in [-0.25, -0.2) is 4.39 Å². The van der Waals surface area contributed by atoms with Crippen LogP contribution in [0.5, 0.6) is 0 Å². The van der Waals surface area contributed by atoms with Crippen molar-refractivity contribution in [1.29, 1.82) is 0 Å². The predicted octanol–water partition coefficient (Wildman–Crippen LogP) is 1.49. The van der Waals surface area contributed by atoms with Gasteiger partial charge in [0.05, 0.1) is 6.61 Å². The van der Waals surface area contributed by atoms with Crippen LogP contribution in [-0.2, 0) is 11.3 Å². The van der Waals surface area contributed by atoms with Crippen molar-refractivity contribution < 1.29 is 9.13 Å². The molecular formula is C13H21FN2O. The highest BCUT2D eigenvalue weighted by atomic mass is 19.1. The van der Waals surface area contributed by atoms with E-state index < -0.39 is 0 Å². The molecule has 1 N–H and O–H groups in total. The van der Waals surface area contributed by atoms with Crippen LogP contribution in [0.3, 0.4) is 0 Å². The van der Waals surface area contributed by atoms with E-state index >= 15 is 0 Å². The molecule has 0 aliphatic rings. The second-order valence-electron chi connectivity index (χ2n) is 4.10. The molecule has 0 fully saturated rings. The molecule has 0 amide bonds. The molecule has 0 spiro atoms. The number of hydrogen-bond acceptors (Lipinski definition) is 3. The fourth-order valence-corrected chi connectivity index (χ4v) is 1.46. The Labute approximate surface area is 103 Å². The molecule has 0 aliphatic carbocycles. The van der Waals surface area contributed by atoms with E-state index in [2.05, 4.69) is 17.3 Å². The Hall–Kier alpha value is -0.970. The molecule has 0 aromatic heterocycles. The number of ether oxygens (including phenoxy) is 1. The summed E-state index contributed by atoms with van der Waals surface area (Å²) < 4.78 is 17.7. The summed E-state index contributed by atoms with van der Waals surface area (Å²) in [4.78, 5) is 2.21. The zero-order chi connectivity index (χ0) is 12.5. The first-order chi connectivity index (χ1) is 8.22. The maximum Gasteiger partial charge on any atom is 0.123 e. The first kappa shape index (κ1) is 14.1. The third-order valence-corrected chi connectivity index (χ3v) is 2.59. The van der Waals surface area contributed by atoms with Gasteiger partial charge < -0.3 is 15.0 Å². The van der Waals surface area contributed by atoms with Crippen LogP contribution < -0.4 is 5.32 Å². The minimum absolute atomic E-state index is 0.187. The molecule has 0 unspecified atom stereocenters. The van der Waals surface area contributed by atoms with E-state index in [1.165, 1.54) is 12.1 Å². The van der Waals surface area contributed by atoms with Gasteiger partial charge in [0, 0.05) is 33.3 Å². The largest absolute Gasteiger partial charge is 0.383 e. The highest BCUT2D eigenvalue weighted by molar-refractivity contribution is 5.15. The fraction of sp³-hybridized carbons (Fsp3) is 0.538. The van der Waals surface area contributed by atoms with Crippen molar-refractivity contribution in [1.82, 2.24) is 10.2 Å². The van der Waals surface area contributed by atoms with Crippen molar-refractivity contribution in [2.45, 2.75) is 6.54 Å². The van der Waals surface area contributed by atoms with Crippen LogP contribution in [0.25, 0.3) is 0 Å². The predicted molar refractivity (Wildman–Crippen MR) is 67.5 cm³/mol. The van der Waals surface area contributed by atoms with Gasteiger partial charge in [0.15, 0.2) is 0 Å². The Morgan fingerprint density at radius 1 is 1.24 bits per heavy atom. The lowest BCUT2D eigenvalue weighted by Crippen LogP contribution is -2.31. The van der Waals surface area contributed by atoms with Crippen molar-refractivity contribution >= 4 is 0 Å². The molecule has 4 heteroatoms. The summed E-state index contributed by atoms with van der Waals surface area (Å²) >= 11 is 0. The van der Waals surface area contributed by atoms with Gasteiger partial charge >= 0.3 is 0 Å². The van der Waals surface area contributed by atoms with Crippen LogP contribution in [0.1, 0.15) is 5.56 Å². The Morgan fingerprint density at radius 3 is 2.59 bits per heavy atom. The van der Waals surface area contributed by atoms with Crippen LogP contribution in [0.4, 0.5) is 4.39 Å². The van der Waals surface area contributed by atoms with Gasteiger partial charge in [0.2, 0.25) is 0 Å². The van der Waals surface area contributed by atoms with E-state index in [4.69, 9.17) is 4.74 Å². The lowest BCUT2D eigenvalue weighted by molar-refractivity contribution is 0.161. The molecule has 0 bridgehead atoms. The number of halogens is 1. The molecule has 1 rings (SSSR count). The van der Waals surface area contributed by atoms with E-state index in [0.717, 1.165) is 38.3 Å². The monoisotopic (exact) mass is 240 g/mol. The summed E-state index contributed by atoms with van der Waals surface area (Å²) in [6, 6.07) is 6.58. The number of rotatable bonds is 8. The van der Waals surface area contributed by atoms with Gasteiger partial charge in [-0.3, -0.25) is 0 Å². The Kier molecular flexibility index (Phi) is 6.77. The third-order valence-electron chi connectivity index (χ3n) is 2.59. The molecule has 3 nitrogen and oxygen atoms in total. The second-order valence-corrected chi connectivity index (χ2v) is 4.10. The molecule has 0 saturated heterocycles. The number of likely N-dealkylation sites (N-methyl/N-ethyl adjacent to an activating group) is 1. The molecule has 1 aromatic carbocycles. The molecule has 0 atom stereocenters. The van der Waals surface area contributed by atoms with E-state index in [9.17, 15) is 4.39 Å². The minimum Gasteiger partial charge on any atom is -0.383 e. The van der Waals surface area contributed by atoms with E-state index in [-0.39, 0.29) is 5.82 Å². The van der Waals surface area contributed by atoms with Crippen molar-refractivity contribution in [3.63, 3.8) is 0 Å². The van der Waals surface area contributed by atoms with Crippen LogP contribution >= 0.6 is 0 Å². The second kappa shape index (κ2) is 8.17. The van der Waals surface area contributed by atoms with E-state index in [0.29, 0.717) is 0 Å². The van der Waals surface area contributed by atoms with Gasteiger partial charge in [0.1, 0.15) is 5.82 Å². The van der Waals surface area contributed by atoms with Crippen LogP contribution in [-0.4, -0.2) is 45.3 Å². The van der Waals surface area contributed by atoms with Gasteiger partial charge in [-0.05, 0) is 24.7 Å². The average Bonchev–Trinajstić information content (AvgIpc) is 2.34. The summed E-state index contributed by atoms with van der Waals surface area (Å²) in [5, 5.41) is 3.32. The van der Waals surface area contributed by atoms with E-state index in [1.54, 1.807) is 19.2 Å². The van der Waals surface area contributed by atoms with Crippen LogP contribution in [0.15, 0.2) is 24.3 Å². The number of nitrogens with one attached hydrogen (secondary N) is 1. The summed E-state index contributed by atoms with van der Waals surface area (Å²) in [5.41, 5.74) is 1.10. The topological polar surface area (TPSA) is 24.5 Å². The molecule has 0 saturated carbocycles. The van der Waals surface area contributed by atoms with Crippen molar-refractivity contribution in [3.05, 3.63) is 35.6 Å². The Balaban J connectivity index is 2.09. The zero-order valence-electron chi connectivity index (χ0n) is 10.6. The molecule has 0 heterocycles. The third kappa shape index (κ3) is 6.36. The molecule has 96 valence electrons. The first-order valence-corrected chi connectivity index (χ1v) is 5.85. The Bertz CT molecular complexity index is 303. The normalized spacial score (nSPS) is 11.1. The quantitative estimate of drug-likeness (QED) is 0.697. The summed E-state index contributed by atoms with van der Waals surface area (Å²) in [5.74, 6) is -0.187. The van der Waals surface area contributed by atoms with E-state index in [1.807, 2.05) is 0 Å². The van der Waals surface area contributed by atoms with Crippen molar-refractivity contribution in [3.8, 4) is 0 Å². The van der Waals surface area contributed by atoms with Crippen molar-refractivity contribution in [2.24, 2.45) is 0 Å². The standard InChI is InChI=1S/C13H21FN2O/c1-16(9-10-17-2)8-7-15-11-12-3-5-13(14)6-4-12/h3-6,15H,7-11H2,1-2H3. The summed E-state index contributed by atoms with van der Waals surface area (Å²) in [6.45, 7) is 4.36. The number of hydrogen-bond donors (Lipinski definition) is 1. The average molecular weight is 240 g/mol. The molecular weight excluding hydrogens is 219 g/mol. The minimum atomic E-state index is -0.187. The highest BCUT2D eigenvalue weighted by Crippen LogP contribution is 2.01. The number of methoxy groups -OCH3 is 1. The lowest BCUT2D eigenvalue weighted by Gasteiger charge is -2.16. The maximum atomic E-state index is 12.7. The maximum absolute atomic E-state index is 12.7. The fourth-order valence-electron chi connectivity index (χ4n) is 1.46. The zero-order valence-corrected chi connectivity index (χ0v) is 10.6. The number of nitrogens with zero attached hydrogens (tertiary/aromatic N) is 1. The summed E-state index contributed by atoms with van der Waals surface area (Å²) in [6.07, 6.45) is 0. The molecule has 17 heavy (non-hydrogen) atoms. The first-order valence-electron chi connectivity index (χ1n) is 5.85. The summed E-state index contributed by atoms with van der Waals surface area (Å²) in [7, 11) is 3.78. The van der Waals surface area contributed by atoms with Gasteiger partial charge in [-0.1, -0.05) is 12.1 Å². The SMILES string of the molecule is COCCN(C)CCNCc1ccc(F)cc1. The van der Waals surface area contributed by atoms with Crippen LogP contribution in [0.2, 0.25) is 0 Å². The van der Waals surface area contributed by atoms with Crippen molar-refractivity contribution in [2.75, 3.05) is 40.4 Å².